The van der Waals surface area contributed by atoms with Crippen LogP contribution in [0.1, 0.15) is 38.5 Å². The van der Waals surface area contributed by atoms with E-state index < -0.39 is 0 Å². The lowest BCUT2D eigenvalue weighted by molar-refractivity contribution is 0.276. The van der Waals surface area contributed by atoms with E-state index in [1.807, 2.05) is 6.08 Å². The molecule has 1 unspecified atom stereocenters. The molecular formula is C13H24N2. The van der Waals surface area contributed by atoms with Gasteiger partial charge in [0.15, 0.2) is 0 Å². The molecule has 15 heavy (non-hydrogen) atoms. The van der Waals surface area contributed by atoms with Crippen LogP contribution < -0.4 is 5.73 Å². The van der Waals surface area contributed by atoms with Crippen molar-refractivity contribution in [3.8, 4) is 0 Å². The number of likely N-dealkylation sites (tertiary alicyclic amines) is 1. The minimum Gasteiger partial charge on any atom is -0.375 e. The van der Waals surface area contributed by atoms with Crippen molar-refractivity contribution in [2.24, 2.45) is 5.73 Å². The van der Waals surface area contributed by atoms with E-state index in [9.17, 15) is 0 Å². The Bertz CT molecular complexity index is 205. The number of allylic oxidation sites excluding steroid dienone is 1. The van der Waals surface area contributed by atoms with Crippen molar-refractivity contribution in [2.45, 2.75) is 44.6 Å². The van der Waals surface area contributed by atoms with Crippen LogP contribution in [0.15, 0.2) is 24.9 Å². The van der Waals surface area contributed by atoms with Gasteiger partial charge in [0, 0.05) is 24.8 Å². The van der Waals surface area contributed by atoms with Crippen molar-refractivity contribution in [3.05, 3.63) is 24.9 Å². The summed E-state index contributed by atoms with van der Waals surface area (Å²) in [5.41, 5.74) is 7.07. The zero-order valence-electron chi connectivity index (χ0n) is 9.75. The minimum atomic E-state index is 0.152. The van der Waals surface area contributed by atoms with Crippen molar-refractivity contribution in [3.63, 3.8) is 0 Å². The van der Waals surface area contributed by atoms with E-state index >= 15 is 0 Å². The summed E-state index contributed by atoms with van der Waals surface area (Å²) < 4.78 is 0. The van der Waals surface area contributed by atoms with Crippen LogP contribution in [0.2, 0.25) is 0 Å². The zero-order valence-corrected chi connectivity index (χ0v) is 9.75. The molecule has 1 rings (SSSR count). The van der Waals surface area contributed by atoms with Crippen molar-refractivity contribution in [2.75, 3.05) is 13.1 Å². The summed E-state index contributed by atoms with van der Waals surface area (Å²) in [6.45, 7) is 10.3. The molecule has 2 N–H and O–H groups in total. The Morgan fingerprint density at radius 3 is 2.60 bits per heavy atom. The summed E-state index contributed by atoms with van der Waals surface area (Å²) in [6, 6.07) is 0.152. The Morgan fingerprint density at radius 1 is 1.33 bits per heavy atom. The fourth-order valence-corrected chi connectivity index (χ4v) is 2.03. The molecule has 1 aliphatic heterocycles. The van der Waals surface area contributed by atoms with Crippen LogP contribution in [0.25, 0.3) is 0 Å². The highest BCUT2D eigenvalue weighted by atomic mass is 15.1. The lowest BCUT2D eigenvalue weighted by atomic mass is 10.1. The molecule has 0 aromatic heterocycles. The number of hydrogen-bond donors (Lipinski definition) is 1. The molecule has 86 valence electrons. The second-order valence-corrected chi connectivity index (χ2v) is 4.41. The van der Waals surface area contributed by atoms with Crippen molar-refractivity contribution in [1.29, 1.82) is 0 Å². The SMILES string of the molecule is C=CC(N)CCCC(=C)N1CCCCC1. The van der Waals surface area contributed by atoms with Gasteiger partial charge in [-0.05, 0) is 38.5 Å². The van der Waals surface area contributed by atoms with E-state index in [0.29, 0.717) is 0 Å². The number of piperidine rings is 1. The fraction of sp³-hybridized carbons (Fsp3) is 0.692. The van der Waals surface area contributed by atoms with Crippen LogP contribution in [-0.2, 0) is 0 Å². The Morgan fingerprint density at radius 2 is 2.00 bits per heavy atom. The predicted octanol–water partition coefficient (Wildman–Crippen LogP) is 2.67. The molecule has 0 amide bonds. The zero-order chi connectivity index (χ0) is 11.1. The Balaban J connectivity index is 2.14. The van der Waals surface area contributed by atoms with E-state index in [4.69, 9.17) is 5.73 Å². The first-order chi connectivity index (χ1) is 7.24. The third-order valence-electron chi connectivity index (χ3n) is 3.11. The van der Waals surface area contributed by atoms with E-state index in [1.54, 1.807) is 0 Å². The maximum absolute atomic E-state index is 5.78. The third kappa shape index (κ3) is 4.52. The molecule has 1 saturated heterocycles. The highest BCUT2D eigenvalue weighted by Crippen LogP contribution is 2.17. The number of nitrogens with zero attached hydrogens (tertiary/aromatic N) is 1. The summed E-state index contributed by atoms with van der Waals surface area (Å²) in [5.74, 6) is 0. The molecule has 0 spiro atoms. The van der Waals surface area contributed by atoms with Gasteiger partial charge in [-0.15, -0.1) is 6.58 Å². The van der Waals surface area contributed by atoms with Crippen LogP contribution in [-0.4, -0.2) is 24.0 Å². The fourth-order valence-electron chi connectivity index (χ4n) is 2.03. The second-order valence-electron chi connectivity index (χ2n) is 4.41. The Labute approximate surface area is 93.8 Å². The summed E-state index contributed by atoms with van der Waals surface area (Å²) in [7, 11) is 0. The molecule has 1 atom stereocenters. The number of nitrogens with two attached hydrogens (primary N) is 1. The van der Waals surface area contributed by atoms with Crippen molar-refractivity contribution in [1.82, 2.24) is 4.90 Å². The average Bonchev–Trinajstić information content (AvgIpc) is 2.29. The molecule has 2 nitrogen and oxygen atoms in total. The highest BCUT2D eigenvalue weighted by molar-refractivity contribution is 4.95. The smallest absolute Gasteiger partial charge is 0.0221 e. The standard InChI is InChI=1S/C13H24N2/c1-3-13(14)9-7-8-12(2)15-10-5-4-6-11-15/h3,13H,1-2,4-11,14H2. The summed E-state index contributed by atoms with van der Waals surface area (Å²) in [4.78, 5) is 2.43. The van der Waals surface area contributed by atoms with Crippen LogP contribution >= 0.6 is 0 Å². The van der Waals surface area contributed by atoms with Gasteiger partial charge in [0.1, 0.15) is 0 Å². The van der Waals surface area contributed by atoms with Crippen molar-refractivity contribution >= 4 is 0 Å². The average molecular weight is 208 g/mol. The van der Waals surface area contributed by atoms with E-state index in [-0.39, 0.29) is 6.04 Å². The van der Waals surface area contributed by atoms with Crippen LogP contribution in [0, 0.1) is 0 Å². The van der Waals surface area contributed by atoms with Gasteiger partial charge in [-0.25, -0.2) is 0 Å². The molecule has 0 aliphatic carbocycles. The number of hydrogen-bond acceptors (Lipinski definition) is 2. The van der Waals surface area contributed by atoms with Crippen LogP contribution in [0.3, 0.4) is 0 Å². The maximum atomic E-state index is 5.78. The van der Waals surface area contributed by atoms with Crippen LogP contribution in [0.5, 0.6) is 0 Å². The molecule has 0 radical (unpaired) electrons. The molecular weight excluding hydrogens is 184 g/mol. The van der Waals surface area contributed by atoms with E-state index in [0.717, 1.165) is 19.3 Å². The molecule has 2 heteroatoms. The first-order valence-corrected chi connectivity index (χ1v) is 6.05. The van der Waals surface area contributed by atoms with Gasteiger partial charge in [0.05, 0.1) is 0 Å². The topological polar surface area (TPSA) is 29.3 Å². The van der Waals surface area contributed by atoms with Crippen LogP contribution in [0.4, 0.5) is 0 Å². The van der Waals surface area contributed by atoms with Gasteiger partial charge in [-0.2, -0.15) is 0 Å². The minimum absolute atomic E-state index is 0.152. The maximum Gasteiger partial charge on any atom is 0.0221 e. The first kappa shape index (κ1) is 12.3. The molecule has 1 aliphatic rings. The number of rotatable bonds is 6. The normalized spacial score (nSPS) is 18.6. The lowest BCUT2D eigenvalue weighted by Gasteiger charge is -2.30. The Hall–Kier alpha value is -0.760. The molecule has 1 heterocycles. The van der Waals surface area contributed by atoms with E-state index in [1.165, 1.54) is 38.0 Å². The van der Waals surface area contributed by atoms with Gasteiger partial charge in [-0.1, -0.05) is 12.7 Å². The Kier molecular flexibility index (Phi) is 5.48. The first-order valence-electron chi connectivity index (χ1n) is 6.05. The summed E-state index contributed by atoms with van der Waals surface area (Å²) in [6.07, 6.45) is 9.09. The lowest BCUT2D eigenvalue weighted by Crippen LogP contribution is -2.28. The summed E-state index contributed by atoms with van der Waals surface area (Å²) >= 11 is 0. The highest BCUT2D eigenvalue weighted by Gasteiger charge is 2.11. The molecule has 0 aromatic carbocycles. The third-order valence-corrected chi connectivity index (χ3v) is 3.11. The van der Waals surface area contributed by atoms with Gasteiger partial charge in [0.2, 0.25) is 0 Å². The van der Waals surface area contributed by atoms with Gasteiger partial charge < -0.3 is 10.6 Å². The monoisotopic (exact) mass is 208 g/mol. The van der Waals surface area contributed by atoms with E-state index in [2.05, 4.69) is 18.1 Å². The predicted molar refractivity (Wildman–Crippen MR) is 66.6 cm³/mol. The quantitative estimate of drug-likeness (QED) is 0.680. The second kappa shape index (κ2) is 6.67. The molecule has 0 bridgehead atoms. The molecule has 0 aromatic rings. The van der Waals surface area contributed by atoms with Gasteiger partial charge in [-0.3, -0.25) is 0 Å². The van der Waals surface area contributed by atoms with Gasteiger partial charge in [0.25, 0.3) is 0 Å². The molecule has 1 fully saturated rings. The largest absolute Gasteiger partial charge is 0.375 e. The van der Waals surface area contributed by atoms with Gasteiger partial charge >= 0.3 is 0 Å². The summed E-state index contributed by atoms with van der Waals surface area (Å²) in [5, 5.41) is 0. The molecule has 0 saturated carbocycles. The van der Waals surface area contributed by atoms with Crippen molar-refractivity contribution < 1.29 is 0 Å².